The standard InChI is InChI=1S/C14H18N6OS/c1-11-10-22-14(17-11)18-12(21)9-19-5-7-20(8-6-19)13-15-3-2-4-16-13/h2-4,10H,5-9H2,1H3,(H,17,18,21). The zero-order chi connectivity index (χ0) is 15.4. The molecule has 0 bridgehead atoms. The van der Waals surface area contributed by atoms with E-state index in [1.54, 1.807) is 12.4 Å². The van der Waals surface area contributed by atoms with Gasteiger partial charge in [0.1, 0.15) is 0 Å². The van der Waals surface area contributed by atoms with Crippen molar-refractivity contribution in [2.75, 3.05) is 42.9 Å². The molecule has 0 saturated carbocycles. The summed E-state index contributed by atoms with van der Waals surface area (Å²) in [5.41, 5.74) is 0.928. The molecule has 0 spiro atoms. The van der Waals surface area contributed by atoms with Gasteiger partial charge in [-0.1, -0.05) is 0 Å². The number of aromatic nitrogens is 3. The smallest absolute Gasteiger partial charge is 0.240 e. The van der Waals surface area contributed by atoms with Gasteiger partial charge < -0.3 is 10.2 Å². The van der Waals surface area contributed by atoms with Crippen molar-refractivity contribution in [3.63, 3.8) is 0 Å². The van der Waals surface area contributed by atoms with Crippen molar-refractivity contribution >= 4 is 28.3 Å². The van der Waals surface area contributed by atoms with Gasteiger partial charge in [0.2, 0.25) is 11.9 Å². The first kappa shape index (κ1) is 14.9. The Morgan fingerprint density at radius 1 is 1.27 bits per heavy atom. The van der Waals surface area contributed by atoms with Crippen LogP contribution in [-0.2, 0) is 4.79 Å². The molecule has 116 valence electrons. The summed E-state index contributed by atoms with van der Waals surface area (Å²) in [6.45, 7) is 5.60. The molecule has 0 atom stereocenters. The molecule has 3 rings (SSSR count). The quantitative estimate of drug-likeness (QED) is 0.906. The molecule has 2 aromatic heterocycles. The van der Waals surface area contributed by atoms with Crippen LogP contribution in [0.15, 0.2) is 23.8 Å². The van der Waals surface area contributed by atoms with Crippen molar-refractivity contribution < 1.29 is 4.79 Å². The van der Waals surface area contributed by atoms with E-state index in [2.05, 4.69) is 30.1 Å². The van der Waals surface area contributed by atoms with Crippen LogP contribution in [-0.4, -0.2) is 58.5 Å². The normalized spacial score (nSPS) is 15.8. The van der Waals surface area contributed by atoms with Crippen molar-refractivity contribution in [2.24, 2.45) is 0 Å². The number of carbonyl (C=O) groups is 1. The number of rotatable bonds is 4. The summed E-state index contributed by atoms with van der Waals surface area (Å²) in [7, 11) is 0. The summed E-state index contributed by atoms with van der Waals surface area (Å²) >= 11 is 1.45. The number of hydrogen-bond donors (Lipinski definition) is 1. The van der Waals surface area contributed by atoms with Crippen LogP contribution in [0.5, 0.6) is 0 Å². The zero-order valence-corrected chi connectivity index (χ0v) is 13.2. The Morgan fingerprint density at radius 2 is 2.00 bits per heavy atom. The Bertz CT molecular complexity index is 623. The minimum Gasteiger partial charge on any atom is -0.338 e. The lowest BCUT2D eigenvalue weighted by molar-refractivity contribution is -0.117. The van der Waals surface area contributed by atoms with Crippen LogP contribution in [0.4, 0.5) is 11.1 Å². The van der Waals surface area contributed by atoms with Crippen molar-refractivity contribution in [3.8, 4) is 0 Å². The van der Waals surface area contributed by atoms with Crippen LogP contribution in [0.2, 0.25) is 0 Å². The summed E-state index contributed by atoms with van der Waals surface area (Å²) in [6, 6.07) is 1.81. The van der Waals surface area contributed by atoms with Gasteiger partial charge in [-0.15, -0.1) is 11.3 Å². The second-order valence-corrected chi connectivity index (χ2v) is 6.01. The first-order valence-corrected chi connectivity index (χ1v) is 8.05. The van der Waals surface area contributed by atoms with E-state index in [1.807, 2.05) is 18.4 Å². The molecule has 0 unspecified atom stereocenters. The molecule has 1 aliphatic rings. The lowest BCUT2D eigenvalue weighted by atomic mass is 10.3. The third-order valence-corrected chi connectivity index (χ3v) is 4.32. The molecule has 0 aliphatic carbocycles. The van der Waals surface area contributed by atoms with Gasteiger partial charge in [-0.05, 0) is 13.0 Å². The van der Waals surface area contributed by atoms with Gasteiger partial charge >= 0.3 is 0 Å². The van der Waals surface area contributed by atoms with Gasteiger partial charge in [0, 0.05) is 44.0 Å². The van der Waals surface area contributed by atoms with Gasteiger partial charge in [-0.3, -0.25) is 9.69 Å². The lowest BCUT2D eigenvalue weighted by Gasteiger charge is -2.34. The number of aryl methyl sites for hydroxylation is 1. The zero-order valence-electron chi connectivity index (χ0n) is 12.4. The maximum atomic E-state index is 12.0. The predicted molar refractivity (Wildman–Crippen MR) is 86.2 cm³/mol. The fraction of sp³-hybridized carbons (Fsp3) is 0.429. The first-order valence-electron chi connectivity index (χ1n) is 7.17. The monoisotopic (exact) mass is 318 g/mol. The van der Waals surface area contributed by atoms with E-state index in [-0.39, 0.29) is 5.91 Å². The van der Waals surface area contributed by atoms with E-state index in [1.165, 1.54) is 11.3 Å². The molecule has 22 heavy (non-hydrogen) atoms. The topological polar surface area (TPSA) is 74.2 Å². The number of piperazine rings is 1. The fourth-order valence-corrected chi connectivity index (χ4v) is 3.04. The van der Waals surface area contributed by atoms with E-state index in [0.717, 1.165) is 37.8 Å². The van der Waals surface area contributed by atoms with Crippen molar-refractivity contribution in [3.05, 3.63) is 29.5 Å². The second kappa shape index (κ2) is 6.80. The highest BCUT2D eigenvalue weighted by molar-refractivity contribution is 7.13. The van der Waals surface area contributed by atoms with Crippen LogP contribution in [0.25, 0.3) is 0 Å². The molecule has 1 fully saturated rings. The van der Waals surface area contributed by atoms with Gasteiger partial charge in [0.05, 0.1) is 12.2 Å². The molecule has 1 aliphatic heterocycles. The molecular formula is C14H18N6OS. The van der Waals surface area contributed by atoms with Gasteiger partial charge in [-0.2, -0.15) is 0 Å². The van der Waals surface area contributed by atoms with Crippen LogP contribution >= 0.6 is 11.3 Å². The van der Waals surface area contributed by atoms with Crippen LogP contribution in [0, 0.1) is 6.92 Å². The number of anilines is 2. The summed E-state index contributed by atoms with van der Waals surface area (Å²) in [4.78, 5) is 29.0. The van der Waals surface area contributed by atoms with E-state index < -0.39 is 0 Å². The Kier molecular flexibility index (Phi) is 4.59. The third kappa shape index (κ3) is 3.77. The molecule has 1 saturated heterocycles. The highest BCUT2D eigenvalue weighted by atomic mass is 32.1. The Balaban J connectivity index is 1.46. The molecule has 3 heterocycles. The van der Waals surface area contributed by atoms with Crippen molar-refractivity contribution in [1.82, 2.24) is 19.9 Å². The minimum atomic E-state index is -0.0150. The second-order valence-electron chi connectivity index (χ2n) is 5.15. The van der Waals surface area contributed by atoms with Crippen LogP contribution in [0.1, 0.15) is 5.69 Å². The van der Waals surface area contributed by atoms with Crippen molar-refractivity contribution in [1.29, 1.82) is 0 Å². The number of nitrogens with one attached hydrogen (secondary N) is 1. The average Bonchev–Trinajstić information content (AvgIpc) is 2.94. The van der Waals surface area contributed by atoms with Gasteiger partial charge in [0.15, 0.2) is 5.13 Å². The summed E-state index contributed by atoms with van der Waals surface area (Å²) in [5.74, 6) is 0.739. The average molecular weight is 318 g/mol. The summed E-state index contributed by atoms with van der Waals surface area (Å²) in [6.07, 6.45) is 3.50. The number of nitrogens with zero attached hydrogens (tertiary/aromatic N) is 5. The Labute approximate surface area is 133 Å². The minimum absolute atomic E-state index is 0.0150. The van der Waals surface area contributed by atoms with Crippen LogP contribution < -0.4 is 10.2 Å². The summed E-state index contributed by atoms with van der Waals surface area (Å²) < 4.78 is 0. The largest absolute Gasteiger partial charge is 0.338 e. The highest BCUT2D eigenvalue weighted by Crippen LogP contribution is 2.14. The summed E-state index contributed by atoms with van der Waals surface area (Å²) in [5, 5.41) is 5.43. The molecule has 8 heteroatoms. The molecule has 0 radical (unpaired) electrons. The number of carbonyl (C=O) groups excluding carboxylic acids is 1. The van der Waals surface area contributed by atoms with E-state index in [0.29, 0.717) is 11.7 Å². The molecule has 7 nitrogen and oxygen atoms in total. The lowest BCUT2D eigenvalue weighted by Crippen LogP contribution is -2.49. The maximum Gasteiger partial charge on any atom is 0.240 e. The third-order valence-electron chi connectivity index (χ3n) is 3.44. The number of thiazole rings is 1. The number of amides is 1. The van der Waals surface area contributed by atoms with E-state index in [9.17, 15) is 4.79 Å². The van der Waals surface area contributed by atoms with E-state index >= 15 is 0 Å². The van der Waals surface area contributed by atoms with Crippen LogP contribution in [0.3, 0.4) is 0 Å². The first-order chi connectivity index (χ1) is 10.7. The predicted octanol–water partition coefficient (Wildman–Crippen LogP) is 1.00. The molecule has 2 aromatic rings. The number of hydrogen-bond acceptors (Lipinski definition) is 7. The molecular weight excluding hydrogens is 300 g/mol. The molecule has 1 N–H and O–H groups in total. The fourth-order valence-electron chi connectivity index (χ4n) is 2.33. The van der Waals surface area contributed by atoms with Gasteiger partial charge in [-0.25, -0.2) is 15.0 Å². The highest BCUT2D eigenvalue weighted by Gasteiger charge is 2.20. The maximum absolute atomic E-state index is 12.0. The Morgan fingerprint density at radius 3 is 2.64 bits per heavy atom. The Hall–Kier alpha value is -2.06. The van der Waals surface area contributed by atoms with Crippen molar-refractivity contribution in [2.45, 2.75) is 6.92 Å². The molecule has 1 amide bonds. The SMILES string of the molecule is Cc1csc(NC(=O)CN2CCN(c3ncccn3)CC2)n1. The van der Waals surface area contributed by atoms with Gasteiger partial charge in [0.25, 0.3) is 0 Å². The van der Waals surface area contributed by atoms with E-state index in [4.69, 9.17) is 0 Å². The molecule has 0 aromatic carbocycles.